The van der Waals surface area contributed by atoms with Gasteiger partial charge < -0.3 is 15.5 Å². The molecule has 24 heavy (non-hydrogen) atoms. The van der Waals surface area contributed by atoms with Crippen LogP contribution in [-0.2, 0) is 4.79 Å². The van der Waals surface area contributed by atoms with Crippen LogP contribution in [0.1, 0.15) is 12.8 Å². The van der Waals surface area contributed by atoms with E-state index in [1.807, 2.05) is 18.2 Å². The molecule has 5 nitrogen and oxygen atoms in total. The van der Waals surface area contributed by atoms with E-state index in [9.17, 15) is 14.0 Å². The van der Waals surface area contributed by atoms with Gasteiger partial charge in [0.15, 0.2) is 0 Å². The summed E-state index contributed by atoms with van der Waals surface area (Å²) in [6.45, 7) is 0.514. The van der Waals surface area contributed by atoms with Gasteiger partial charge in [0.25, 0.3) is 0 Å². The minimum absolute atomic E-state index is 0.201. The fourth-order valence-electron chi connectivity index (χ4n) is 2.76. The zero-order valence-electron chi connectivity index (χ0n) is 13.0. The Kier molecular flexibility index (Phi) is 4.74. The number of carbonyl (C=O) groups is 2. The van der Waals surface area contributed by atoms with Crippen LogP contribution in [0.5, 0.6) is 0 Å². The number of likely N-dealkylation sites (tertiary alicyclic amines) is 1. The molecule has 1 aliphatic rings. The number of carbonyl (C=O) groups excluding carboxylic acids is 2. The highest BCUT2D eigenvalue weighted by atomic mass is 19.1. The number of amides is 3. The quantitative estimate of drug-likeness (QED) is 0.907. The minimum atomic E-state index is -0.509. The largest absolute Gasteiger partial charge is 0.324 e. The molecule has 3 rings (SSSR count). The summed E-state index contributed by atoms with van der Waals surface area (Å²) in [5, 5.41) is 5.53. The van der Waals surface area contributed by atoms with Crippen LogP contribution in [-0.4, -0.2) is 29.4 Å². The standard InChI is InChI=1S/C18H18FN3O2/c19-13-8-10-15(11-9-13)21-18(24)22-12-4-7-16(22)17(23)20-14-5-2-1-3-6-14/h1-3,5-6,8-11,16H,4,7,12H2,(H,20,23)(H,21,24)/t16-/m0/s1. The molecule has 0 spiro atoms. The lowest BCUT2D eigenvalue weighted by atomic mass is 10.2. The summed E-state index contributed by atoms with van der Waals surface area (Å²) in [6, 6.07) is 13.8. The Morgan fingerprint density at radius 2 is 1.62 bits per heavy atom. The van der Waals surface area contributed by atoms with E-state index < -0.39 is 6.04 Å². The van der Waals surface area contributed by atoms with Gasteiger partial charge in [-0.15, -0.1) is 0 Å². The zero-order chi connectivity index (χ0) is 16.9. The first kappa shape index (κ1) is 16.0. The lowest BCUT2D eigenvalue weighted by Gasteiger charge is -2.24. The van der Waals surface area contributed by atoms with Crippen LogP contribution in [0.4, 0.5) is 20.6 Å². The van der Waals surface area contributed by atoms with Gasteiger partial charge in [0, 0.05) is 17.9 Å². The number of anilines is 2. The van der Waals surface area contributed by atoms with Crippen molar-refractivity contribution in [1.29, 1.82) is 0 Å². The number of rotatable bonds is 3. The third kappa shape index (κ3) is 3.71. The number of hydrogen-bond donors (Lipinski definition) is 2. The fraction of sp³-hybridized carbons (Fsp3) is 0.222. The van der Waals surface area contributed by atoms with Gasteiger partial charge in [-0.05, 0) is 49.2 Å². The molecule has 2 aromatic carbocycles. The molecule has 3 amide bonds. The topological polar surface area (TPSA) is 61.4 Å². The first-order valence-electron chi connectivity index (χ1n) is 7.82. The summed E-state index contributed by atoms with van der Waals surface area (Å²) < 4.78 is 12.9. The summed E-state index contributed by atoms with van der Waals surface area (Å²) in [4.78, 5) is 26.4. The summed E-state index contributed by atoms with van der Waals surface area (Å²) in [6.07, 6.45) is 1.39. The van der Waals surface area contributed by atoms with Crippen molar-refractivity contribution >= 4 is 23.3 Å². The Balaban J connectivity index is 1.65. The Morgan fingerprint density at radius 1 is 0.958 bits per heavy atom. The van der Waals surface area contributed by atoms with E-state index in [1.165, 1.54) is 29.2 Å². The van der Waals surface area contributed by atoms with Gasteiger partial charge in [-0.1, -0.05) is 18.2 Å². The molecule has 0 saturated carbocycles. The maximum atomic E-state index is 12.9. The second kappa shape index (κ2) is 7.12. The monoisotopic (exact) mass is 327 g/mol. The number of nitrogens with zero attached hydrogens (tertiary/aromatic N) is 1. The predicted molar refractivity (Wildman–Crippen MR) is 90.2 cm³/mol. The maximum Gasteiger partial charge on any atom is 0.322 e. The molecule has 1 heterocycles. The predicted octanol–water partition coefficient (Wildman–Crippen LogP) is 3.46. The van der Waals surface area contributed by atoms with E-state index in [2.05, 4.69) is 10.6 Å². The first-order valence-corrected chi connectivity index (χ1v) is 7.82. The van der Waals surface area contributed by atoms with E-state index >= 15 is 0 Å². The molecule has 6 heteroatoms. The fourth-order valence-corrected chi connectivity index (χ4v) is 2.76. The van der Waals surface area contributed by atoms with Crippen LogP contribution in [0.25, 0.3) is 0 Å². The summed E-state index contributed by atoms with van der Waals surface area (Å²) in [7, 11) is 0. The average molecular weight is 327 g/mol. The summed E-state index contributed by atoms with van der Waals surface area (Å²) in [5.74, 6) is -0.567. The molecule has 124 valence electrons. The molecule has 1 saturated heterocycles. The zero-order valence-corrected chi connectivity index (χ0v) is 13.0. The first-order chi connectivity index (χ1) is 11.6. The highest BCUT2D eigenvalue weighted by Crippen LogP contribution is 2.21. The second-order valence-electron chi connectivity index (χ2n) is 5.64. The van der Waals surface area contributed by atoms with Gasteiger partial charge >= 0.3 is 6.03 Å². The van der Waals surface area contributed by atoms with Crippen LogP contribution in [0.15, 0.2) is 54.6 Å². The minimum Gasteiger partial charge on any atom is -0.324 e. The smallest absolute Gasteiger partial charge is 0.322 e. The van der Waals surface area contributed by atoms with Crippen LogP contribution < -0.4 is 10.6 Å². The highest BCUT2D eigenvalue weighted by Gasteiger charge is 2.34. The average Bonchev–Trinajstić information content (AvgIpc) is 3.08. The van der Waals surface area contributed by atoms with E-state index in [0.717, 1.165) is 6.42 Å². The van der Waals surface area contributed by atoms with E-state index in [0.29, 0.717) is 24.3 Å². The molecule has 0 unspecified atom stereocenters. The maximum absolute atomic E-state index is 12.9. The Hall–Kier alpha value is -2.89. The number of urea groups is 1. The molecule has 1 atom stereocenters. The van der Waals surface area contributed by atoms with Crippen molar-refractivity contribution in [3.05, 3.63) is 60.4 Å². The van der Waals surface area contributed by atoms with Gasteiger partial charge in [-0.25, -0.2) is 9.18 Å². The molecule has 2 aromatic rings. The number of nitrogens with one attached hydrogen (secondary N) is 2. The molecule has 2 N–H and O–H groups in total. The lowest BCUT2D eigenvalue weighted by molar-refractivity contribution is -0.119. The molecular formula is C18H18FN3O2. The van der Waals surface area contributed by atoms with Crippen molar-refractivity contribution in [3.8, 4) is 0 Å². The molecule has 0 radical (unpaired) electrons. The second-order valence-corrected chi connectivity index (χ2v) is 5.64. The highest BCUT2D eigenvalue weighted by molar-refractivity contribution is 5.99. The Bertz CT molecular complexity index is 719. The van der Waals surface area contributed by atoms with Gasteiger partial charge in [0.2, 0.25) is 5.91 Å². The van der Waals surface area contributed by atoms with Crippen LogP contribution in [0, 0.1) is 5.82 Å². The van der Waals surface area contributed by atoms with Crippen LogP contribution >= 0.6 is 0 Å². The van der Waals surface area contributed by atoms with Crippen LogP contribution in [0.2, 0.25) is 0 Å². The Morgan fingerprint density at radius 3 is 2.33 bits per heavy atom. The molecule has 0 aliphatic carbocycles. The van der Waals surface area contributed by atoms with Gasteiger partial charge in [-0.2, -0.15) is 0 Å². The SMILES string of the molecule is O=C(Nc1ccccc1)[C@@H]1CCCN1C(=O)Nc1ccc(F)cc1. The Labute approximate surface area is 139 Å². The number of halogens is 1. The van der Waals surface area contributed by atoms with Crippen molar-refractivity contribution < 1.29 is 14.0 Å². The summed E-state index contributed by atoms with van der Waals surface area (Å²) >= 11 is 0. The van der Waals surface area contributed by atoms with E-state index in [1.54, 1.807) is 12.1 Å². The lowest BCUT2D eigenvalue weighted by Crippen LogP contribution is -2.45. The summed E-state index contributed by atoms with van der Waals surface area (Å²) in [5.41, 5.74) is 1.20. The number of para-hydroxylation sites is 1. The van der Waals surface area contributed by atoms with Crippen molar-refractivity contribution in [2.24, 2.45) is 0 Å². The number of hydrogen-bond acceptors (Lipinski definition) is 2. The molecule has 1 aliphatic heterocycles. The molecule has 1 fully saturated rings. The normalized spacial score (nSPS) is 16.7. The number of benzene rings is 2. The van der Waals surface area contributed by atoms with Crippen molar-refractivity contribution in [3.63, 3.8) is 0 Å². The van der Waals surface area contributed by atoms with E-state index in [-0.39, 0.29) is 17.8 Å². The van der Waals surface area contributed by atoms with Crippen molar-refractivity contribution in [2.75, 3.05) is 17.2 Å². The third-order valence-electron chi connectivity index (χ3n) is 3.95. The van der Waals surface area contributed by atoms with E-state index in [4.69, 9.17) is 0 Å². The molecular weight excluding hydrogens is 309 g/mol. The van der Waals surface area contributed by atoms with Gasteiger partial charge in [0.1, 0.15) is 11.9 Å². The van der Waals surface area contributed by atoms with Crippen LogP contribution in [0.3, 0.4) is 0 Å². The van der Waals surface area contributed by atoms with Gasteiger partial charge in [0.05, 0.1) is 0 Å². The molecule has 0 aromatic heterocycles. The molecule has 0 bridgehead atoms. The third-order valence-corrected chi connectivity index (χ3v) is 3.95. The van der Waals surface area contributed by atoms with Gasteiger partial charge in [-0.3, -0.25) is 4.79 Å². The van der Waals surface area contributed by atoms with Crippen molar-refractivity contribution in [1.82, 2.24) is 4.90 Å². The van der Waals surface area contributed by atoms with Crippen molar-refractivity contribution in [2.45, 2.75) is 18.9 Å².